The summed E-state index contributed by atoms with van der Waals surface area (Å²) in [7, 11) is 0. The zero-order chi connectivity index (χ0) is 14.8. The average Bonchev–Trinajstić information content (AvgIpc) is 2.90. The standard InChI is InChI=1S/C18H17NO2/c1-13-6-5-9-17-15(13)10-11-19(17)12-16(18(20)21)14-7-3-2-4-8-14/h2-11,16H,12H2,1H3,(H,20,21). The van der Waals surface area contributed by atoms with Crippen molar-refractivity contribution in [2.24, 2.45) is 0 Å². The van der Waals surface area contributed by atoms with Crippen molar-refractivity contribution in [1.29, 1.82) is 0 Å². The first-order valence-electron chi connectivity index (χ1n) is 6.99. The lowest BCUT2D eigenvalue weighted by molar-refractivity contribution is -0.139. The molecule has 0 saturated heterocycles. The highest BCUT2D eigenvalue weighted by atomic mass is 16.4. The number of benzene rings is 2. The summed E-state index contributed by atoms with van der Waals surface area (Å²) in [5, 5.41) is 10.7. The van der Waals surface area contributed by atoms with Crippen molar-refractivity contribution in [2.75, 3.05) is 0 Å². The maximum absolute atomic E-state index is 11.6. The van der Waals surface area contributed by atoms with E-state index in [9.17, 15) is 9.90 Å². The Labute approximate surface area is 123 Å². The minimum absolute atomic E-state index is 0.437. The van der Waals surface area contributed by atoms with Gasteiger partial charge in [-0.3, -0.25) is 4.79 Å². The Hall–Kier alpha value is -2.55. The van der Waals surface area contributed by atoms with Gasteiger partial charge in [-0.05, 0) is 30.2 Å². The van der Waals surface area contributed by atoms with Crippen LogP contribution in [0.15, 0.2) is 60.8 Å². The van der Waals surface area contributed by atoms with Gasteiger partial charge < -0.3 is 9.67 Å². The van der Waals surface area contributed by atoms with Crippen LogP contribution in [0.4, 0.5) is 0 Å². The van der Waals surface area contributed by atoms with Gasteiger partial charge >= 0.3 is 5.97 Å². The van der Waals surface area contributed by atoms with Crippen molar-refractivity contribution in [3.8, 4) is 0 Å². The molecule has 1 N–H and O–H groups in total. The molecule has 0 aliphatic heterocycles. The molecular weight excluding hydrogens is 262 g/mol. The fraction of sp³-hybridized carbons (Fsp3) is 0.167. The second-order valence-corrected chi connectivity index (χ2v) is 5.28. The van der Waals surface area contributed by atoms with Gasteiger partial charge in [-0.25, -0.2) is 0 Å². The molecule has 0 aliphatic carbocycles. The molecule has 3 heteroatoms. The summed E-state index contributed by atoms with van der Waals surface area (Å²) in [6.45, 7) is 2.50. The van der Waals surface area contributed by atoms with Crippen LogP contribution in [0, 0.1) is 6.92 Å². The molecular formula is C18H17NO2. The van der Waals surface area contributed by atoms with Crippen molar-refractivity contribution < 1.29 is 9.90 Å². The van der Waals surface area contributed by atoms with Crippen LogP contribution in [-0.4, -0.2) is 15.6 Å². The number of aryl methyl sites for hydroxylation is 1. The first-order valence-corrected chi connectivity index (χ1v) is 6.99. The summed E-state index contributed by atoms with van der Waals surface area (Å²) in [5.41, 5.74) is 3.12. The van der Waals surface area contributed by atoms with Crippen LogP contribution in [0.2, 0.25) is 0 Å². The molecule has 0 fully saturated rings. The van der Waals surface area contributed by atoms with E-state index in [0.717, 1.165) is 11.1 Å². The highest BCUT2D eigenvalue weighted by Crippen LogP contribution is 2.24. The average molecular weight is 279 g/mol. The number of carboxylic acid groups (broad SMARTS) is 1. The van der Waals surface area contributed by atoms with Gasteiger partial charge in [-0.15, -0.1) is 0 Å². The van der Waals surface area contributed by atoms with E-state index in [1.165, 1.54) is 10.9 Å². The van der Waals surface area contributed by atoms with Crippen molar-refractivity contribution in [1.82, 2.24) is 4.57 Å². The molecule has 0 saturated carbocycles. The first kappa shape index (κ1) is 13.4. The lowest BCUT2D eigenvalue weighted by Gasteiger charge is -2.15. The summed E-state index contributed by atoms with van der Waals surface area (Å²) in [5.74, 6) is -1.34. The molecule has 0 bridgehead atoms. The van der Waals surface area contributed by atoms with E-state index >= 15 is 0 Å². The van der Waals surface area contributed by atoms with Gasteiger partial charge in [0, 0.05) is 23.6 Å². The lowest BCUT2D eigenvalue weighted by Crippen LogP contribution is -2.17. The Kier molecular flexibility index (Phi) is 3.48. The number of aromatic nitrogens is 1. The smallest absolute Gasteiger partial charge is 0.312 e. The predicted molar refractivity (Wildman–Crippen MR) is 83.5 cm³/mol. The summed E-state index contributed by atoms with van der Waals surface area (Å²) in [6.07, 6.45) is 1.97. The SMILES string of the molecule is Cc1cccc2c1ccn2CC(C(=O)O)c1ccccc1. The topological polar surface area (TPSA) is 42.2 Å². The molecule has 106 valence electrons. The van der Waals surface area contributed by atoms with Crippen LogP contribution in [0.3, 0.4) is 0 Å². The Balaban J connectivity index is 1.99. The zero-order valence-electron chi connectivity index (χ0n) is 11.9. The van der Waals surface area contributed by atoms with Crippen LogP contribution in [0.1, 0.15) is 17.0 Å². The number of carbonyl (C=O) groups is 1. The Morgan fingerprint density at radius 3 is 2.57 bits per heavy atom. The Morgan fingerprint density at radius 2 is 1.86 bits per heavy atom. The van der Waals surface area contributed by atoms with Crippen LogP contribution < -0.4 is 0 Å². The highest BCUT2D eigenvalue weighted by Gasteiger charge is 2.20. The lowest BCUT2D eigenvalue weighted by atomic mass is 9.99. The summed E-state index contributed by atoms with van der Waals surface area (Å²) >= 11 is 0. The van der Waals surface area contributed by atoms with Gasteiger partial charge in [0.25, 0.3) is 0 Å². The molecule has 0 spiro atoms. The largest absolute Gasteiger partial charge is 0.481 e. The van der Waals surface area contributed by atoms with Crippen LogP contribution >= 0.6 is 0 Å². The third-order valence-corrected chi connectivity index (χ3v) is 3.91. The molecule has 1 heterocycles. The van der Waals surface area contributed by atoms with Gasteiger partial charge in [-0.1, -0.05) is 42.5 Å². The molecule has 3 rings (SSSR count). The maximum atomic E-state index is 11.6. The number of fused-ring (bicyclic) bond motifs is 1. The van der Waals surface area contributed by atoms with Gasteiger partial charge in [-0.2, -0.15) is 0 Å². The van der Waals surface area contributed by atoms with Crippen molar-refractivity contribution in [2.45, 2.75) is 19.4 Å². The molecule has 1 aromatic heterocycles. The van der Waals surface area contributed by atoms with Crippen LogP contribution in [0.25, 0.3) is 10.9 Å². The molecule has 2 aromatic carbocycles. The van der Waals surface area contributed by atoms with E-state index in [-0.39, 0.29) is 0 Å². The molecule has 0 aliphatic rings. The fourth-order valence-electron chi connectivity index (χ4n) is 2.74. The van der Waals surface area contributed by atoms with Gasteiger partial charge in [0.2, 0.25) is 0 Å². The number of hydrogen-bond donors (Lipinski definition) is 1. The summed E-state index contributed by atoms with van der Waals surface area (Å²) < 4.78 is 2.02. The molecule has 1 atom stereocenters. The Morgan fingerprint density at radius 1 is 1.10 bits per heavy atom. The van der Waals surface area contributed by atoms with Gasteiger partial charge in [0.05, 0.1) is 5.92 Å². The minimum Gasteiger partial charge on any atom is -0.481 e. The molecule has 0 radical (unpaired) electrons. The number of nitrogens with zero attached hydrogens (tertiary/aromatic N) is 1. The molecule has 3 aromatic rings. The zero-order valence-corrected chi connectivity index (χ0v) is 11.9. The quantitative estimate of drug-likeness (QED) is 0.789. The van der Waals surface area contributed by atoms with E-state index in [4.69, 9.17) is 0 Å². The van der Waals surface area contributed by atoms with Crippen molar-refractivity contribution in [3.63, 3.8) is 0 Å². The van der Waals surface area contributed by atoms with Crippen molar-refractivity contribution >= 4 is 16.9 Å². The fourth-order valence-corrected chi connectivity index (χ4v) is 2.74. The number of hydrogen-bond acceptors (Lipinski definition) is 1. The highest BCUT2D eigenvalue weighted by molar-refractivity contribution is 5.84. The Bertz CT molecular complexity index is 774. The molecule has 21 heavy (non-hydrogen) atoms. The van der Waals surface area contributed by atoms with Gasteiger partial charge in [0.1, 0.15) is 0 Å². The minimum atomic E-state index is -0.796. The predicted octanol–water partition coefficient (Wildman–Crippen LogP) is 3.82. The second kappa shape index (κ2) is 5.44. The van der Waals surface area contributed by atoms with Crippen molar-refractivity contribution in [3.05, 3.63) is 71.9 Å². The van der Waals surface area contributed by atoms with E-state index in [0.29, 0.717) is 6.54 Å². The third kappa shape index (κ3) is 2.55. The monoisotopic (exact) mass is 279 g/mol. The van der Waals surface area contributed by atoms with Gasteiger partial charge in [0.15, 0.2) is 0 Å². The van der Waals surface area contributed by atoms with E-state index in [1.807, 2.05) is 53.2 Å². The van der Waals surface area contributed by atoms with E-state index < -0.39 is 11.9 Å². The van der Waals surface area contributed by atoms with Crippen LogP contribution in [0.5, 0.6) is 0 Å². The summed E-state index contributed by atoms with van der Waals surface area (Å²) in [4.78, 5) is 11.6. The first-order chi connectivity index (χ1) is 10.2. The van der Waals surface area contributed by atoms with E-state index in [2.05, 4.69) is 19.1 Å². The molecule has 1 unspecified atom stereocenters. The number of carboxylic acids is 1. The second-order valence-electron chi connectivity index (χ2n) is 5.28. The third-order valence-electron chi connectivity index (χ3n) is 3.91. The number of aliphatic carboxylic acids is 1. The maximum Gasteiger partial charge on any atom is 0.312 e. The van der Waals surface area contributed by atoms with E-state index in [1.54, 1.807) is 0 Å². The summed E-state index contributed by atoms with van der Waals surface area (Å²) in [6, 6.07) is 17.6. The molecule has 0 amide bonds. The van der Waals surface area contributed by atoms with Crippen LogP contribution in [-0.2, 0) is 11.3 Å². The number of rotatable bonds is 4. The molecule has 3 nitrogen and oxygen atoms in total. The normalized spacial score (nSPS) is 12.4.